The van der Waals surface area contributed by atoms with Crippen molar-refractivity contribution in [3.8, 4) is 5.75 Å². The molecule has 1 atom stereocenters. The largest absolute Gasteiger partial charge is 0.497 e. The molecule has 0 saturated heterocycles. The third kappa shape index (κ3) is 5.25. The van der Waals surface area contributed by atoms with Gasteiger partial charge in [0.05, 0.1) is 25.1 Å². The van der Waals surface area contributed by atoms with E-state index in [4.69, 9.17) is 4.74 Å². The fourth-order valence-electron chi connectivity index (χ4n) is 3.11. The highest BCUT2D eigenvalue weighted by Gasteiger charge is 2.22. The molecule has 1 unspecified atom stereocenters. The Kier molecular flexibility index (Phi) is 6.72. The van der Waals surface area contributed by atoms with Gasteiger partial charge in [0.15, 0.2) is 0 Å². The van der Waals surface area contributed by atoms with E-state index in [2.05, 4.69) is 17.4 Å². The first kappa shape index (κ1) is 21.8. The molecule has 7 heteroatoms. The van der Waals surface area contributed by atoms with Crippen molar-refractivity contribution in [1.29, 1.82) is 0 Å². The molecule has 0 saturated carbocycles. The number of hydrogen-bond acceptors (Lipinski definition) is 4. The van der Waals surface area contributed by atoms with Crippen LogP contribution in [0.1, 0.15) is 35.2 Å². The molecule has 2 aromatic rings. The summed E-state index contributed by atoms with van der Waals surface area (Å²) in [6.45, 7) is 7.67. The van der Waals surface area contributed by atoms with Crippen molar-refractivity contribution in [3.05, 3.63) is 58.7 Å². The Hall–Kier alpha value is -2.54. The van der Waals surface area contributed by atoms with Gasteiger partial charge in [0.1, 0.15) is 12.3 Å². The van der Waals surface area contributed by atoms with E-state index in [9.17, 15) is 13.2 Å². The molecule has 0 aliphatic rings. The van der Waals surface area contributed by atoms with Crippen molar-refractivity contribution >= 4 is 21.6 Å². The van der Waals surface area contributed by atoms with Crippen LogP contribution >= 0.6 is 0 Å². The van der Waals surface area contributed by atoms with Gasteiger partial charge in [-0.25, -0.2) is 8.42 Å². The van der Waals surface area contributed by atoms with E-state index in [1.54, 1.807) is 24.3 Å². The Labute approximate surface area is 167 Å². The van der Waals surface area contributed by atoms with Crippen LogP contribution in [0.4, 0.5) is 5.69 Å². The predicted octanol–water partition coefficient (Wildman–Crippen LogP) is 3.26. The van der Waals surface area contributed by atoms with Gasteiger partial charge in [-0.15, -0.1) is 0 Å². The summed E-state index contributed by atoms with van der Waals surface area (Å²) in [6.07, 6.45) is 1.08. The van der Waals surface area contributed by atoms with Crippen molar-refractivity contribution < 1.29 is 17.9 Å². The summed E-state index contributed by atoms with van der Waals surface area (Å²) in [5, 5.41) is 2.91. The molecule has 1 amide bonds. The van der Waals surface area contributed by atoms with E-state index < -0.39 is 10.0 Å². The van der Waals surface area contributed by atoms with Crippen LogP contribution in [0.25, 0.3) is 0 Å². The second-order valence-electron chi connectivity index (χ2n) is 7.05. The lowest BCUT2D eigenvalue weighted by Gasteiger charge is -2.24. The van der Waals surface area contributed by atoms with Gasteiger partial charge in [-0.1, -0.05) is 18.2 Å². The quantitative estimate of drug-likeness (QED) is 0.769. The smallest absolute Gasteiger partial charge is 0.241 e. The van der Waals surface area contributed by atoms with Crippen LogP contribution in [0.3, 0.4) is 0 Å². The van der Waals surface area contributed by atoms with Gasteiger partial charge in [0, 0.05) is 6.07 Å². The third-order valence-electron chi connectivity index (χ3n) is 4.76. The van der Waals surface area contributed by atoms with Crippen molar-refractivity contribution in [2.24, 2.45) is 0 Å². The maximum absolute atomic E-state index is 12.6. The Morgan fingerprint density at radius 3 is 2.36 bits per heavy atom. The minimum atomic E-state index is -3.64. The van der Waals surface area contributed by atoms with E-state index in [0.29, 0.717) is 11.4 Å². The van der Waals surface area contributed by atoms with Crippen LogP contribution in [0.5, 0.6) is 5.75 Å². The van der Waals surface area contributed by atoms with Gasteiger partial charge < -0.3 is 10.1 Å². The number of aryl methyl sites for hydroxylation is 3. The zero-order chi connectivity index (χ0) is 21.1. The number of hydrogen-bond donors (Lipinski definition) is 1. The lowest BCUT2D eigenvalue weighted by molar-refractivity contribution is -0.120. The molecule has 0 bridgehead atoms. The number of nitrogens with zero attached hydrogens (tertiary/aromatic N) is 1. The van der Waals surface area contributed by atoms with Crippen molar-refractivity contribution in [3.63, 3.8) is 0 Å². The summed E-state index contributed by atoms with van der Waals surface area (Å²) in [7, 11) is -2.14. The van der Waals surface area contributed by atoms with Gasteiger partial charge >= 0.3 is 0 Å². The summed E-state index contributed by atoms with van der Waals surface area (Å²) >= 11 is 0. The van der Waals surface area contributed by atoms with E-state index in [1.165, 1.54) is 12.7 Å². The first-order valence-electron chi connectivity index (χ1n) is 9.01. The molecule has 0 fully saturated rings. The standard InChI is InChI=1S/C21H28N2O4S/c1-14-10-16(3)20(11-15(14)2)17(4)22-21(24)13-23(28(6,25)26)18-8-7-9-19(12-18)27-5/h7-12,17H,13H2,1-6H3,(H,22,24). The summed E-state index contributed by atoms with van der Waals surface area (Å²) < 4.78 is 30.8. The minimum Gasteiger partial charge on any atom is -0.497 e. The Morgan fingerprint density at radius 1 is 1.11 bits per heavy atom. The molecular formula is C21H28N2O4S. The molecule has 2 rings (SSSR count). The van der Waals surface area contributed by atoms with Gasteiger partial charge in [-0.05, 0) is 62.1 Å². The SMILES string of the molecule is COc1cccc(N(CC(=O)NC(C)c2cc(C)c(C)cc2C)S(C)(=O)=O)c1. The molecule has 1 N–H and O–H groups in total. The number of benzene rings is 2. The molecule has 2 aromatic carbocycles. The molecule has 0 aromatic heterocycles. The normalized spacial score (nSPS) is 12.4. The summed E-state index contributed by atoms with van der Waals surface area (Å²) in [4.78, 5) is 12.6. The van der Waals surface area contributed by atoms with Gasteiger partial charge in [0.25, 0.3) is 0 Å². The lowest BCUT2D eigenvalue weighted by atomic mass is 9.96. The van der Waals surface area contributed by atoms with Crippen LogP contribution in [-0.2, 0) is 14.8 Å². The molecule has 6 nitrogen and oxygen atoms in total. The summed E-state index contributed by atoms with van der Waals surface area (Å²) in [5.74, 6) is 0.143. The monoisotopic (exact) mass is 404 g/mol. The Bertz CT molecular complexity index is 970. The summed E-state index contributed by atoms with van der Waals surface area (Å²) in [6, 6.07) is 10.5. The van der Waals surface area contributed by atoms with E-state index in [1.807, 2.05) is 27.7 Å². The molecule has 0 aliphatic carbocycles. The van der Waals surface area contributed by atoms with Crippen LogP contribution < -0.4 is 14.4 Å². The zero-order valence-corrected chi connectivity index (χ0v) is 18.1. The van der Waals surface area contributed by atoms with Crippen LogP contribution in [0.2, 0.25) is 0 Å². The number of sulfonamides is 1. The lowest BCUT2D eigenvalue weighted by Crippen LogP contribution is -2.41. The number of anilines is 1. The molecule has 0 aliphatic heterocycles. The number of carbonyl (C=O) groups excluding carboxylic acids is 1. The van der Waals surface area contributed by atoms with Crippen molar-refractivity contribution in [1.82, 2.24) is 5.32 Å². The van der Waals surface area contributed by atoms with Crippen LogP contribution in [0, 0.1) is 20.8 Å². The third-order valence-corrected chi connectivity index (χ3v) is 5.90. The predicted molar refractivity (Wildman–Crippen MR) is 112 cm³/mol. The van der Waals surface area contributed by atoms with Crippen molar-refractivity contribution in [2.75, 3.05) is 24.2 Å². The second kappa shape index (κ2) is 8.65. The van der Waals surface area contributed by atoms with Crippen molar-refractivity contribution in [2.45, 2.75) is 33.7 Å². The topological polar surface area (TPSA) is 75.7 Å². The average Bonchev–Trinajstić information content (AvgIpc) is 2.61. The maximum Gasteiger partial charge on any atom is 0.241 e. The number of carbonyl (C=O) groups is 1. The molecule has 152 valence electrons. The van der Waals surface area contributed by atoms with E-state index in [0.717, 1.165) is 27.3 Å². The number of nitrogens with one attached hydrogen (secondary N) is 1. The number of ether oxygens (including phenoxy) is 1. The fraction of sp³-hybridized carbons (Fsp3) is 0.381. The first-order valence-corrected chi connectivity index (χ1v) is 10.9. The fourth-order valence-corrected chi connectivity index (χ4v) is 3.96. The molecule has 0 radical (unpaired) electrons. The molecule has 28 heavy (non-hydrogen) atoms. The first-order chi connectivity index (χ1) is 13.0. The highest BCUT2D eigenvalue weighted by molar-refractivity contribution is 7.92. The van der Waals surface area contributed by atoms with Gasteiger partial charge in [0.2, 0.25) is 15.9 Å². The van der Waals surface area contributed by atoms with E-state index in [-0.39, 0.29) is 18.5 Å². The summed E-state index contributed by atoms with van der Waals surface area (Å²) in [5.41, 5.74) is 4.83. The van der Waals surface area contributed by atoms with E-state index >= 15 is 0 Å². The van der Waals surface area contributed by atoms with Crippen LogP contribution in [0.15, 0.2) is 36.4 Å². The molecule has 0 heterocycles. The number of rotatable bonds is 7. The minimum absolute atomic E-state index is 0.237. The highest BCUT2D eigenvalue weighted by Crippen LogP contribution is 2.24. The Balaban J connectivity index is 2.21. The maximum atomic E-state index is 12.6. The molecule has 0 spiro atoms. The van der Waals surface area contributed by atoms with Crippen LogP contribution in [-0.4, -0.2) is 34.2 Å². The highest BCUT2D eigenvalue weighted by atomic mass is 32.2. The number of methoxy groups -OCH3 is 1. The number of amides is 1. The van der Waals surface area contributed by atoms with Gasteiger partial charge in [-0.2, -0.15) is 0 Å². The average molecular weight is 405 g/mol. The Morgan fingerprint density at radius 2 is 1.75 bits per heavy atom. The van der Waals surface area contributed by atoms with Gasteiger partial charge in [-0.3, -0.25) is 9.10 Å². The zero-order valence-electron chi connectivity index (χ0n) is 17.2. The molecular weight excluding hydrogens is 376 g/mol. The second-order valence-corrected chi connectivity index (χ2v) is 8.96.